The number of amides is 3. The first-order chi connectivity index (χ1) is 20.8. The van der Waals surface area contributed by atoms with Crippen LogP contribution in [0.1, 0.15) is 57.1 Å². The molecule has 1 aliphatic carbocycles. The number of piperidine rings is 1. The van der Waals surface area contributed by atoms with Crippen LogP contribution < -0.4 is 21.7 Å². The van der Waals surface area contributed by atoms with Gasteiger partial charge in [-0.25, -0.2) is 9.78 Å². The largest absolute Gasteiger partial charge is 0.477 e. The van der Waals surface area contributed by atoms with Crippen LogP contribution >= 0.6 is 23.1 Å². The van der Waals surface area contributed by atoms with Crippen molar-refractivity contribution in [1.82, 2.24) is 25.8 Å². The highest BCUT2D eigenvalue weighted by atomic mass is 32.2. The fraction of sp³-hybridized carbons (Fsp3) is 0.571. The number of carboxylic acids is 1. The van der Waals surface area contributed by atoms with E-state index in [4.69, 9.17) is 10.6 Å². The number of nitrogens with two attached hydrogens (primary N) is 1. The van der Waals surface area contributed by atoms with E-state index in [0.29, 0.717) is 42.2 Å². The highest BCUT2D eigenvalue weighted by molar-refractivity contribution is 8.00. The van der Waals surface area contributed by atoms with E-state index in [1.807, 2.05) is 0 Å². The summed E-state index contributed by atoms with van der Waals surface area (Å²) in [6.07, 6.45) is 6.61. The summed E-state index contributed by atoms with van der Waals surface area (Å²) in [6, 6.07) is -0.962. The van der Waals surface area contributed by atoms with Crippen molar-refractivity contribution >= 4 is 57.6 Å². The molecular formula is C28H35N7O6S2. The number of aliphatic carboxylic acids is 1. The Bertz CT molecular complexity index is 1410. The summed E-state index contributed by atoms with van der Waals surface area (Å²) in [6.45, 7) is 2.25. The Labute approximate surface area is 256 Å². The number of nitrogens with one attached hydrogen (secondary N) is 3. The highest BCUT2D eigenvalue weighted by Crippen LogP contribution is 2.44. The molecule has 3 amide bonds. The van der Waals surface area contributed by atoms with Gasteiger partial charge in [0.2, 0.25) is 5.91 Å². The third kappa shape index (κ3) is 6.02. The molecule has 6 rings (SSSR count). The number of fused-ring (bicyclic) bond motifs is 1. The van der Waals surface area contributed by atoms with Crippen molar-refractivity contribution < 1.29 is 29.1 Å². The van der Waals surface area contributed by atoms with Gasteiger partial charge < -0.3 is 31.6 Å². The van der Waals surface area contributed by atoms with Gasteiger partial charge >= 0.3 is 5.97 Å². The lowest BCUT2D eigenvalue weighted by Gasteiger charge is -2.49. The summed E-state index contributed by atoms with van der Waals surface area (Å²) < 4.78 is 0. The molecule has 4 aliphatic heterocycles. The molecule has 230 valence electrons. The minimum absolute atomic E-state index is 0.0807. The predicted molar refractivity (Wildman–Crippen MR) is 161 cm³/mol. The Kier molecular flexibility index (Phi) is 8.73. The zero-order chi connectivity index (χ0) is 30.1. The molecule has 15 heteroatoms. The molecule has 5 heterocycles. The molecule has 0 aromatic carbocycles. The maximum Gasteiger partial charge on any atom is 0.352 e. The van der Waals surface area contributed by atoms with Crippen LogP contribution in [0.2, 0.25) is 0 Å². The molecule has 0 bridgehead atoms. The Morgan fingerprint density at radius 3 is 2.60 bits per heavy atom. The Hall–Kier alpha value is -3.43. The van der Waals surface area contributed by atoms with E-state index in [9.17, 15) is 24.3 Å². The average molecular weight is 630 g/mol. The molecule has 2 atom stereocenters. The van der Waals surface area contributed by atoms with Crippen molar-refractivity contribution in [3.63, 3.8) is 0 Å². The van der Waals surface area contributed by atoms with Crippen molar-refractivity contribution in [2.24, 2.45) is 11.1 Å². The number of nitrogens with zero attached hydrogens (tertiary/aromatic N) is 3. The Balaban J connectivity index is 1.25. The predicted octanol–water partition coefficient (Wildman–Crippen LogP) is 1.33. The van der Waals surface area contributed by atoms with Crippen LogP contribution in [0, 0.1) is 5.92 Å². The van der Waals surface area contributed by atoms with Crippen LogP contribution in [-0.4, -0.2) is 87.3 Å². The number of aromatic nitrogens is 1. The summed E-state index contributed by atoms with van der Waals surface area (Å²) in [5, 5.41) is 24.7. The van der Waals surface area contributed by atoms with Crippen LogP contribution in [0.3, 0.4) is 0 Å². The Morgan fingerprint density at radius 2 is 1.95 bits per heavy atom. The van der Waals surface area contributed by atoms with Gasteiger partial charge in [-0.2, -0.15) is 0 Å². The van der Waals surface area contributed by atoms with E-state index >= 15 is 0 Å². The first-order valence-corrected chi connectivity index (χ1v) is 16.6. The van der Waals surface area contributed by atoms with Gasteiger partial charge in [-0.05, 0) is 81.5 Å². The van der Waals surface area contributed by atoms with E-state index in [1.165, 1.54) is 16.7 Å². The number of carbonyl (C=O) groups is 4. The lowest BCUT2D eigenvalue weighted by Crippen LogP contribution is -2.71. The van der Waals surface area contributed by atoms with Gasteiger partial charge in [0.05, 0.1) is 0 Å². The molecule has 3 saturated heterocycles. The van der Waals surface area contributed by atoms with Crippen molar-refractivity contribution in [3.8, 4) is 0 Å². The molecule has 5 aliphatic rings. The van der Waals surface area contributed by atoms with Crippen molar-refractivity contribution in [1.29, 1.82) is 0 Å². The van der Waals surface area contributed by atoms with Crippen LogP contribution in [0.4, 0.5) is 5.13 Å². The van der Waals surface area contributed by atoms with E-state index in [-0.39, 0.29) is 34.2 Å². The van der Waals surface area contributed by atoms with E-state index in [2.05, 4.69) is 26.1 Å². The van der Waals surface area contributed by atoms with Gasteiger partial charge in [0.15, 0.2) is 10.8 Å². The molecule has 6 N–H and O–H groups in total. The van der Waals surface area contributed by atoms with Gasteiger partial charge in [0.25, 0.3) is 11.8 Å². The number of hydrogen-bond donors (Lipinski definition) is 5. The number of allylic oxidation sites excluding steroid dienone is 1. The second-order valence-corrected chi connectivity index (χ2v) is 13.4. The number of carbonyl (C=O) groups excluding carboxylic acids is 3. The number of β-lactam (4-membered cyclic amide) rings is 1. The molecule has 1 aromatic rings. The summed E-state index contributed by atoms with van der Waals surface area (Å²) in [4.78, 5) is 63.5. The van der Waals surface area contributed by atoms with Crippen molar-refractivity contribution in [2.45, 2.75) is 68.9 Å². The molecule has 4 fully saturated rings. The number of thioether (sulfide) groups is 1. The lowest BCUT2D eigenvalue weighted by molar-refractivity contribution is -0.150. The first kappa shape index (κ1) is 29.6. The number of carboxylic acid groups (broad SMARTS) is 1. The molecule has 0 radical (unpaired) electrons. The fourth-order valence-electron chi connectivity index (χ4n) is 6.39. The first-order valence-electron chi connectivity index (χ1n) is 14.7. The second-order valence-electron chi connectivity index (χ2n) is 11.4. The minimum Gasteiger partial charge on any atom is -0.477 e. The number of anilines is 1. The van der Waals surface area contributed by atoms with Crippen LogP contribution in [-0.2, 0) is 24.0 Å². The fourth-order valence-corrected chi connectivity index (χ4v) is 8.33. The normalized spacial score (nSPS) is 26.2. The number of hydrogen-bond acceptors (Lipinski definition) is 11. The summed E-state index contributed by atoms with van der Waals surface area (Å²) in [5.41, 5.74) is 7.72. The molecular weight excluding hydrogens is 594 g/mol. The van der Waals surface area contributed by atoms with Gasteiger partial charge in [-0.1, -0.05) is 5.16 Å². The number of oxime groups is 1. The maximum atomic E-state index is 13.5. The Morgan fingerprint density at radius 1 is 1.19 bits per heavy atom. The highest BCUT2D eigenvalue weighted by Gasteiger charge is 2.55. The quantitative estimate of drug-likeness (QED) is 0.115. The second kappa shape index (κ2) is 12.7. The third-order valence-corrected chi connectivity index (χ3v) is 10.6. The molecule has 1 aromatic heterocycles. The van der Waals surface area contributed by atoms with Crippen molar-refractivity contribution in [2.75, 3.05) is 31.1 Å². The number of nitrogen functional groups attached to an aromatic ring is 1. The van der Waals surface area contributed by atoms with Crippen LogP contribution in [0.25, 0.3) is 0 Å². The molecule has 0 spiro atoms. The van der Waals surface area contributed by atoms with Gasteiger partial charge in [0.1, 0.15) is 28.9 Å². The zero-order valence-electron chi connectivity index (χ0n) is 23.6. The summed E-state index contributed by atoms with van der Waals surface area (Å²) in [5.74, 6) is -1.98. The minimum atomic E-state index is -1.23. The van der Waals surface area contributed by atoms with E-state index in [0.717, 1.165) is 68.5 Å². The van der Waals surface area contributed by atoms with Gasteiger partial charge in [-0.3, -0.25) is 19.3 Å². The monoisotopic (exact) mass is 629 g/mol. The third-order valence-electron chi connectivity index (χ3n) is 8.65. The van der Waals surface area contributed by atoms with Crippen molar-refractivity contribution in [3.05, 3.63) is 33.5 Å². The topological polar surface area (TPSA) is 188 Å². The molecule has 43 heavy (non-hydrogen) atoms. The summed E-state index contributed by atoms with van der Waals surface area (Å²) in [7, 11) is 0. The molecule has 1 saturated carbocycles. The average Bonchev–Trinajstić information content (AvgIpc) is 3.78. The van der Waals surface area contributed by atoms with Crippen LogP contribution in [0.15, 0.2) is 33.0 Å². The van der Waals surface area contributed by atoms with E-state index in [1.54, 1.807) is 5.38 Å². The standard InChI is InChI=1S/C28H35N7O6S2/c29-28-32-19(13-43-28)20(34-41-15-3-1-2-4-15)24(37)33-21-25(38)35-22(27(39)40)18(12-42-26(21)35)17(16-7-10-31-23(16)36)11-14-5-8-30-9-6-14/h13-15,21,26,30H,1-12H2,(H2,29,32)(H,31,36)(H,33,37)(H,39,40)/t21-,26-/m1/s1. The number of rotatable bonds is 9. The van der Waals surface area contributed by atoms with Crippen LogP contribution in [0.5, 0.6) is 0 Å². The summed E-state index contributed by atoms with van der Waals surface area (Å²) >= 11 is 2.54. The molecule has 0 unspecified atom stereocenters. The SMILES string of the molecule is Nc1nc(C(=NOC2CCCC2)C(=O)N[C@@H]2C(=O)N3C(C(=O)O)=C(C(CC4CCNCC4)=C4CCNC4=O)CS[C@H]23)cs1. The lowest BCUT2D eigenvalue weighted by atomic mass is 9.84. The maximum absolute atomic E-state index is 13.5. The van der Waals surface area contributed by atoms with E-state index < -0.39 is 29.2 Å². The zero-order valence-corrected chi connectivity index (χ0v) is 25.2. The number of thiazole rings is 1. The smallest absolute Gasteiger partial charge is 0.352 e. The molecule has 13 nitrogen and oxygen atoms in total. The van der Waals surface area contributed by atoms with Gasteiger partial charge in [-0.15, -0.1) is 23.1 Å². The van der Waals surface area contributed by atoms with Gasteiger partial charge in [0, 0.05) is 23.3 Å².